The molecule has 0 atom stereocenters. The first-order valence-corrected chi connectivity index (χ1v) is 7.88. The van der Waals surface area contributed by atoms with Gasteiger partial charge in [0.25, 0.3) is 0 Å². The zero-order valence-electron chi connectivity index (χ0n) is 14.3. The number of fused-ring (bicyclic) bond motifs is 1. The van der Waals surface area contributed by atoms with Gasteiger partial charge in [-0.1, -0.05) is 16.3 Å². The summed E-state index contributed by atoms with van der Waals surface area (Å²) in [5, 5.41) is 7.09. The Morgan fingerprint density at radius 3 is 2.70 bits per heavy atom. The molecule has 0 saturated heterocycles. The maximum atomic E-state index is 11.5. The van der Waals surface area contributed by atoms with Gasteiger partial charge < -0.3 is 13.6 Å². The van der Waals surface area contributed by atoms with E-state index in [4.69, 9.17) is 24.6 Å². The van der Waals surface area contributed by atoms with Crippen molar-refractivity contribution < 1.29 is 13.6 Å². The molecule has 2 aliphatic rings. The van der Waals surface area contributed by atoms with E-state index in [1.807, 2.05) is 0 Å². The standard InChI is InChI=1S/C17H14N6O4/c1-10-15-5-14(26-9-16(15)27-17(10)24)8-25-7-12-2-11(6-20-22-18)3-13(4-12)21-23-19/h2-5,9H,6-8H2,1H3. The van der Waals surface area contributed by atoms with Gasteiger partial charge in [-0.3, -0.25) is 0 Å². The van der Waals surface area contributed by atoms with Crippen LogP contribution in [0.3, 0.4) is 0 Å². The van der Waals surface area contributed by atoms with E-state index in [2.05, 4.69) is 20.1 Å². The van der Waals surface area contributed by atoms with Crippen LogP contribution < -0.4 is 5.63 Å². The van der Waals surface area contributed by atoms with Crippen molar-refractivity contribution in [3.8, 4) is 11.3 Å². The van der Waals surface area contributed by atoms with Crippen LogP contribution in [-0.4, -0.2) is 0 Å². The van der Waals surface area contributed by atoms with Gasteiger partial charge in [0.2, 0.25) is 0 Å². The van der Waals surface area contributed by atoms with Crippen LogP contribution in [0.15, 0.2) is 54.4 Å². The molecule has 2 heterocycles. The second-order valence-electron chi connectivity index (χ2n) is 5.72. The van der Waals surface area contributed by atoms with E-state index in [9.17, 15) is 4.79 Å². The molecule has 10 heteroatoms. The van der Waals surface area contributed by atoms with Crippen LogP contribution in [0.4, 0.5) is 5.69 Å². The Bertz CT molecular complexity index is 1090. The lowest BCUT2D eigenvalue weighted by Gasteiger charge is -2.08. The number of rotatable bonds is 7. The molecule has 3 rings (SSSR count). The molecule has 0 bridgehead atoms. The number of azide groups is 2. The summed E-state index contributed by atoms with van der Waals surface area (Å²) in [5.41, 5.74) is 19.8. The normalized spacial score (nSPS) is 10.4. The summed E-state index contributed by atoms with van der Waals surface area (Å²) in [4.78, 5) is 17.0. The Morgan fingerprint density at radius 2 is 1.93 bits per heavy atom. The SMILES string of the molecule is Cc1c2cc(COCc3cc(CN=[N+]=[N-])cc(N=[N+]=[N-])c3)occ-2oc1=O. The van der Waals surface area contributed by atoms with E-state index in [-0.39, 0.29) is 25.4 Å². The number of benzene rings is 1. The molecule has 2 aliphatic heterocycles. The fraction of sp³-hybridized carbons (Fsp3) is 0.235. The fourth-order valence-electron chi connectivity index (χ4n) is 2.60. The molecule has 10 nitrogen and oxygen atoms in total. The summed E-state index contributed by atoms with van der Waals surface area (Å²) >= 11 is 0. The van der Waals surface area contributed by atoms with Gasteiger partial charge in [0.1, 0.15) is 18.6 Å². The lowest BCUT2D eigenvalue weighted by atomic mass is 10.1. The smallest absolute Gasteiger partial charge is 0.339 e. The minimum atomic E-state index is -0.388. The van der Waals surface area contributed by atoms with E-state index in [1.165, 1.54) is 6.26 Å². The van der Waals surface area contributed by atoms with Crippen molar-refractivity contribution in [2.24, 2.45) is 10.2 Å². The summed E-state index contributed by atoms with van der Waals surface area (Å²) in [6.45, 7) is 2.22. The highest BCUT2D eigenvalue weighted by molar-refractivity contribution is 5.61. The van der Waals surface area contributed by atoms with Crippen LogP contribution in [0.25, 0.3) is 32.2 Å². The summed E-state index contributed by atoms with van der Waals surface area (Å²) in [6.07, 6.45) is 1.38. The van der Waals surface area contributed by atoms with Gasteiger partial charge in [0, 0.05) is 26.6 Å². The zero-order chi connectivity index (χ0) is 19.2. The molecule has 0 aliphatic carbocycles. The van der Waals surface area contributed by atoms with Gasteiger partial charge in [-0.05, 0) is 47.3 Å². The van der Waals surface area contributed by atoms with Gasteiger partial charge in [-0.15, -0.1) is 0 Å². The summed E-state index contributed by atoms with van der Waals surface area (Å²) in [5.74, 6) is 0.929. The minimum absolute atomic E-state index is 0.140. The summed E-state index contributed by atoms with van der Waals surface area (Å²) in [6, 6.07) is 6.83. The third-order valence-corrected chi connectivity index (χ3v) is 3.83. The maximum Gasteiger partial charge on any atom is 0.339 e. The first-order chi connectivity index (χ1) is 13.1. The number of ether oxygens (including phenoxy) is 1. The van der Waals surface area contributed by atoms with Crippen molar-refractivity contribution in [2.45, 2.75) is 26.7 Å². The molecule has 0 saturated carbocycles. The van der Waals surface area contributed by atoms with E-state index in [0.717, 1.165) is 5.56 Å². The Kier molecular flexibility index (Phi) is 5.44. The topological polar surface area (TPSA) is 150 Å². The van der Waals surface area contributed by atoms with Gasteiger partial charge in [0.05, 0.1) is 13.2 Å². The van der Waals surface area contributed by atoms with Crippen LogP contribution in [0.2, 0.25) is 0 Å². The van der Waals surface area contributed by atoms with Crippen molar-refractivity contribution in [1.82, 2.24) is 0 Å². The summed E-state index contributed by atoms with van der Waals surface area (Å²) < 4.78 is 16.1. The van der Waals surface area contributed by atoms with Crippen molar-refractivity contribution in [3.05, 3.63) is 84.3 Å². The first-order valence-electron chi connectivity index (χ1n) is 7.88. The third kappa shape index (κ3) is 4.28. The predicted octanol–water partition coefficient (Wildman–Crippen LogP) is 5.11. The monoisotopic (exact) mass is 366 g/mol. The highest BCUT2D eigenvalue weighted by Crippen LogP contribution is 2.26. The zero-order valence-corrected chi connectivity index (χ0v) is 14.3. The van der Waals surface area contributed by atoms with E-state index in [1.54, 1.807) is 31.2 Å². The third-order valence-electron chi connectivity index (χ3n) is 3.83. The number of nitrogens with zero attached hydrogens (tertiary/aromatic N) is 6. The Balaban J connectivity index is 1.73. The average Bonchev–Trinajstić information content (AvgIpc) is 2.94. The molecule has 0 spiro atoms. The highest BCUT2D eigenvalue weighted by Gasteiger charge is 2.16. The van der Waals surface area contributed by atoms with E-state index < -0.39 is 0 Å². The van der Waals surface area contributed by atoms with Crippen molar-refractivity contribution >= 4 is 5.69 Å². The van der Waals surface area contributed by atoms with Crippen molar-refractivity contribution in [1.29, 1.82) is 0 Å². The van der Waals surface area contributed by atoms with E-state index in [0.29, 0.717) is 33.9 Å². The van der Waals surface area contributed by atoms with Gasteiger partial charge >= 0.3 is 5.63 Å². The van der Waals surface area contributed by atoms with Gasteiger partial charge in [0.15, 0.2) is 5.76 Å². The van der Waals surface area contributed by atoms with Crippen LogP contribution in [0, 0.1) is 6.92 Å². The largest absolute Gasteiger partial charge is 0.463 e. The lowest BCUT2D eigenvalue weighted by Crippen LogP contribution is -1.97. The Hall–Kier alpha value is -3.71. The molecule has 0 unspecified atom stereocenters. The molecular formula is C17H14N6O4. The number of furan rings is 1. The first kappa shape index (κ1) is 18.1. The molecule has 0 aromatic heterocycles. The molecule has 1 aromatic rings. The van der Waals surface area contributed by atoms with E-state index >= 15 is 0 Å². The average molecular weight is 366 g/mol. The molecule has 0 fully saturated rings. The van der Waals surface area contributed by atoms with Gasteiger partial charge in [-0.25, -0.2) is 4.79 Å². The quantitative estimate of drug-likeness (QED) is 0.324. The maximum absolute atomic E-state index is 11.5. The predicted molar refractivity (Wildman–Crippen MR) is 95.2 cm³/mol. The van der Waals surface area contributed by atoms with Crippen LogP contribution in [0.5, 0.6) is 0 Å². The van der Waals surface area contributed by atoms with Crippen LogP contribution >= 0.6 is 0 Å². The lowest BCUT2D eigenvalue weighted by molar-refractivity contribution is 0.0917. The number of hydrogen-bond acceptors (Lipinski definition) is 6. The Labute approximate surface area is 152 Å². The van der Waals surface area contributed by atoms with Crippen LogP contribution in [0.1, 0.15) is 22.5 Å². The van der Waals surface area contributed by atoms with Crippen molar-refractivity contribution in [2.75, 3.05) is 0 Å². The minimum Gasteiger partial charge on any atom is -0.463 e. The molecular weight excluding hydrogens is 352 g/mol. The molecule has 0 amide bonds. The van der Waals surface area contributed by atoms with Gasteiger partial charge in [-0.2, -0.15) is 0 Å². The highest BCUT2D eigenvalue weighted by atomic mass is 16.5. The number of hydrogen-bond donors (Lipinski definition) is 0. The molecule has 27 heavy (non-hydrogen) atoms. The fourth-order valence-corrected chi connectivity index (χ4v) is 2.60. The van der Waals surface area contributed by atoms with Crippen molar-refractivity contribution in [3.63, 3.8) is 0 Å². The molecule has 0 radical (unpaired) electrons. The molecule has 136 valence electrons. The summed E-state index contributed by atoms with van der Waals surface area (Å²) in [7, 11) is 0. The van der Waals surface area contributed by atoms with Crippen LogP contribution in [-0.2, 0) is 24.5 Å². The molecule has 1 aromatic carbocycles. The second-order valence-corrected chi connectivity index (χ2v) is 5.72. The Morgan fingerprint density at radius 1 is 1.11 bits per heavy atom. The molecule has 0 N–H and O–H groups in total. The second kappa shape index (κ2) is 8.11.